The fraction of sp³-hybridized carbons (Fsp3) is 0.400. The maximum Gasteiger partial charge on any atom is 0.243 e. The number of carbonyl (C=O) groups is 1. The first-order chi connectivity index (χ1) is 13.0. The second-order valence-electron chi connectivity index (χ2n) is 7.24. The number of pyridine rings is 1. The molecule has 1 saturated heterocycles. The van der Waals surface area contributed by atoms with Crippen LogP contribution >= 0.6 is 0 Å². The van der Waals surface area contributed by atoms with Crippen LogP contribution in [0.5, 0.6) is 17.4 Å². The molecular formula is C20H23N3O4. The van der Waals surface area contributed by atoms with Gasteiger partial charge in [0.1, 0.15) is 6.61 Å². The number of nitrogens with one attached hydrogen (secondary N) is 1. The van der Waals surface area contributed by atoms with E-state index in [1.54, 1.807) is 18.1 Å². The number of hydrogen-bond donors (Lipinski definition) is 1. The molecule has 1 aromatic carbocycles. The van der Waals surface area contributed by atoms with E-state index in [9.17, 15) is 4.79 Å². The molecule has 3 heterocycles. The maximum absolute atomic E-state index is 12.4. The van der Waals surface area contributed by atoms with Crippen LogP contribution in [0, 0.1) is 0 Å². The number of nitrogens with zero attached hydrogens (tertiary/aromatic N) is 2. The quantitative estimate of drug-likeness (QED) is 0.889. The minimum atomic E-state index is -0.539. The summed E-state index contributed by atoms with van der Waals surface area (Å²) in [5.41, 5.74) is 1.04. The Kier molecular flexibility index (Phi) is 4.39. The fourth-order valence-electron chi connectivity index (χ4n) is 3.33. The number of aromatic nitrogens is 1. The van der Waals surface area contributed by atoms with Gasteiger partial charge in [-0.1, -0.05) is 12.1 Å². The first-order valence-corrected chi connectivity index (χ1v) is 8.96. The number of ether oxygens (including phenoxy) is 3. The van der Waals surface area contributed by atoms with Crippen molar-refractivity contribution in [2.45, 2.75) is 25.5 Å². The Morgan fingerprint density at radius 1 is 1.30 bits per heavy atom. The van der Waals surface area contributed by atoms with E-state index in [4.69, 9.17) is 14.2 Å². The third kappa shape index (κ3) is 3.30. The number of fused-ring (bicyclic) bond motifs is 1. The molecule has 1 N–H and O–H groups in total. The summed E-state index contributed by atoms with van der Waals surface area (Å²) < 4.78 is 17.4. The fourth-order valence-corrected chi connectivity index (χ4v) is 3.33. The third-order valence-electron chi connectivity index (χ3n) is 4.85. The summed E-state index contributed by atoms with van der Waals surface area (Å²) in [6.45, 7) is 5.14. The van der Waals surface area contributed by atoms with Gasteiger partial charge in [-0.3, -0.25) is 10.1 Å². The molecular weight excluding hydrogens is 346 g/mol. The number of para-hydroxylation sites is 1. The van der Waals surface area contributed by atoms with Crippen LogP contribution in [0.1, 0.15) is 13.8 Å². The van der Waals surface area contributed by atoms with Crippen LogP contribution in [-0.2, 0) is 4.79 Å². The van der Waals surface area contributed by atoms with Gasteiger partial charge < -0.3 is 19.1 Å². The molecule has 2 aliphatic heterocycles. The summed E-state index contributed by atoms with van der Waals surface area (Å²) in [4.78, 5) is 18.7. The van der Waals surface area contributed by atoms with Crippen molar-refractivity contribution in [3.63, 3.8) is 0 Å². The van der Waals surface area contributed by atoms with Gasteiger partial charge in [0.25, 0.3) is 0 Å². The van der Waals surface area contributed by atoms with Gasteiger partial charge in [-0.05, 0) is 32.0 Å². The van der Waals surface area contributed by atoms with Gasteiger partial charge in [0, 0.05) is 11.6 Å². The van der Waals surface area contributed by atoms with Crippen molar-refractivity contribution in [2.75, 3.05) is 26.9 Å². The Hall–Kier alpha value is -2.80. The van der Waals surface area contributed by atoms with Crippen molar-refractivity contribution in [3.05, 3.63) is 36.4 Å². The second-order valence-corrected chi connectivity index (χ2v) is 7.24. The normalized spacial score (nSPS) is 20.6. The van der Waals surface area contributed by atoms with Gasteiger partial charge in [0.15, 0.2) is 17.6 Å². The highest BCUT2D eigenvalue weighted by molar-refractivity contribution is 5.87. The van der Waals surface area contributed by atoms with Crippen molar-refractivity contribution in [1.29, 1.82) is 0 Å². The van der Waals surface area contributed by atoms with Gasteiger partial charge in [-0.2, -0.15) is 0 Å². The molecule has 0 radical (unpaired) electrons. The van der Waals surface area contributed by atoms with E-state index in [0.29, 0.717) is 37.2 Å². The molecule has 1 fully saturated rings. The summed E-state index contributed by atoms with van der Waals surface area (Å²) in [6.07, 6.45) is -0.246. The Labute approximate surface area is 158 Å². The Balaban J connectivity index is 1.58. The van der Waals surface area contributed by atoms with E-state index in [1.165, 1.54) is 0 Å². The summed E-state index contributed by atoms with van der Waals surface area (Å²) in [5.74, 6) is 1.93. The molecule has 1 amide bonds. The molecule has 7 nitrogen and oxygen atoms in total. The number of rotatable bonds is 4. The van der Waals surface area contributed by atoms with Crippen LogP contribution in [0.2, 0.25) is 0 Å². The van der Waals surface area contributed by atoms with Crippen LogP contribution in [0.4, 0.5) is 0 Å². The van der Waals surface area contributed by atoms with E-state index in [0.717, 1.165) is 11.3 Å². The van der Waals surface area contributed by atoms with Gasteiger partial charge in [0.2, 0.25) is 11.8 Å². The van der Waals surface area contributed by atoms with Gasteiger partial charge >= 0.3 is 0 Å². The highest BCUT2D eigenvalue weighted by atomic mass is 16.6. The average Bonchev–Trinajstić information content (AvgIpc) is 2.94. The number of benzene rings is 1. The zero-order chi connectivity index (χ0) is 19.0. The number of carbonyl (C=O) groups excluding carboxylic acids is 1. The van der Waals surface area contributed by atoms with E-state index in [1.807, 2.05) is 44.2 Å². The third-order valence-corrected chi connectivity index (χ3v) is 4.85. The lowest BCUT2D eigenvalue weighted by molar-refractivity contribution is -0.132. The van der Waals surface area contributed by atoms with Crippen molar-refractivity contribution in [3.8, 4) is 28.6 Å². The molecule has 27 heavy (non-hydrogen) atoms. The molecule has 2 aliphatic rings. The van der Waals surface area contributed by atoms with Crippen LogP contribution < -0.4 is 19.5 Å². The molecule has 142 valence electrons. The molecule has 1 unspecified atom stereocenters. The van der Waals surface area contributed by atoms with Crippen LogP contribution in [0.3, 0.4) is 0 Å². The average molecular weight is 369 g/mol. The van der Waals surface area contributed by atoms with Gasteiger partial charge in [0.05, 0.1) is 31.6 Å². The summed E-state index contributed by atoms with van der Waals surface area (Å²) in [5, 5.41) is 3.21. The Morgan fingerprint density at radius 3 is 2.85 bits per heavy atom. The Bertz CT molecular complexity index is 868. The molecule has 7 heteroatoms. The molecule has 0 saturated carbocycles. The van der Waals surface area contributed by atoms with Crippen LogP contribution in [0.15, 0.2) is 36.4 Å². The second kappa shape index (κ2) is 6.74. The summed E-state index contributed by atoms with van der Waals surface area (Å²) >= 11 is 0. The molecule has 0 spiro atoms. The standard InChI is InChI=1S/C20H23N3O4/c1-20(2)19(24)23(12-21-20)10-13-11-26-16-8-4-6-14(18(16)27-13)15-7-5-9-17(22-15)25-3/h4-9,13,21H,10-12H2,1-3H3. The van der Waals surface area contributed by atoms with Crippen molar-refractivity contribution in [1.82, 2.24) is 15.2 Å². The van der Waals surface area contributed by atoms with Crippen LogP contribution in [-0.4, -0.2) is 54.4 Å². The van der Waals surface area contributed by atoms with Crippen molar-refractivity contribution < 1.29 is 19.0 Å². The molecule has 4 rings (SSSR count). The topological polar surface area (TPSA) is 72.9 Å². The molecule has 1 atom stereocenters. The zero-order valence-corrected chi connectivity index (χ0v) is 15.7. The predicted octanol–water partition coefficient (Wildman–Crippen LogP) is 2.06. The number of methoxy groups -OCH3 is 1. The van der Waals surface area contributed by atoms with Crippen molar-refractivity contribution in [2.24, 2.45) is 0 Å². The lowest BCUT2D eigenvalue weighted by Crippen LogP contribution is -2.44. The minimum Gasteiger partial charge on any atom is -0.486 e. The first-order valence-electron chi connectivity index (χ1n) is 8.96. The number of hydrogen-bond acceptors (Lipinski definition) is 6. The predicted molar refractivity (Wildman–Crippen MR) is 99.9 cm³/mol. The molecule has 1 aromatic heterocycles. The minimum absolute atomic E-state index is 0.0691. The van der Waals surface area contributed by atoms with E-state index in [2.05, 4.69) is 10.3 Å². The molecule has 0 bridgehead atoms. The van der Waals surface area contributed by atoms with Crippen LogP contribution in [0.25, 0.3) is 11.3 Å². The SMILES string of the molecule is COc1cccc(-c2cccc3c2OC(CN2CNC(C)(C)C2=O)CO3)n1. The highest BCUT2D eigenvalue weighted by Crippen LogP contribution is 2.40. The first kappa shape index (κ1) is 17.6. The van der Waals surface area contributed by atoms with E-state index < -0.39 is 5.54 Å². The largest absolute Gasteiger partial charge is 0.486 e. The van der Waals surface area contributed by atoms with Gasteiger partial charge in [-0.15, -0.1) is 0 Å². The number of amides is 1. The highest BCUT2D eigenvalue weighted by Gasteiger charge is 2.39. The summed E-state index contributed by atoms with van der Waals surface area (Å²) in [6, 6.07) is 11.3. The van der Waals surface area contributed by atoms with Gasteiger partial charge in [-0.25, -0.2) is 4.98 Å². The summed E-state index contributed by atoms with van der Waals surface area (Å²) in [7, 11) is 1.59. The van der Waals surface area contributed by atoms with Crippen molar-refractivity contribution >= 4 is 5.91 Å². The maximum atomic E-state index is 12.4. The zero-order valence-electron chi connectivity index (χ0n) is 15.7. The smallest absolute Gasteiger partial charge is 0.243 e. The molecule has 0 aliphatic carbocycles. The lowest BCUT2D eigenvalue weighted by Gasteiger charge is -2.30. The monoisotopic (exact) mass is 369 g/mol. The lowest BCUT2D eigenvalue weighted by atomic mass is 10.1. The van der Waals surface area contributed by atoms with E-state index in [-0.39, 0.29) is 12.0 Å². The molecule has 2 aromatic rings. The van der Waals surface area contributed by atoms with E-state index >= 15 is 0 Å². The Morgan fingerprint density at radius 2 is 2.11 bits per heavy atom.